The summed E-state index contributed by atoms with van der Waals surface area (Å²) in [5.74, 6) is 0.468. The van der Waals surface area contributed by atoms with E-state index in [0.717, 1.165) is 59.2 Å². The molecule has 1 amide bonds. The summed E-state index contributed by atoms with van der Waals surface area (Å²) in [4.78, 5) is 35.7. The Morgan fingerprint density at radius 3 is 1.69 bits per heavy atom. The summed E-state index contributed by atoms with van der Waals surface area (Å²) < 4.78 is 5.72. The lowest BCUT2D eigenvalue weighted by Gasteiger charge is -2.44. The van der Waals surface area contributed by atoms with Gasteiger partial charge in [0.1, 0.15) is 11.6 Å². The van der Waals surface area contributed by atoms with Crippen LogP contribution >= 0.6 is 0 Å². The van der Waals surface area contributed by atoms with Gasteiger partial charge in [-0.05, 0) is 108 Å². The van der Waals surface area contributed by atoms with Gasteiger partial charge in [-0.1, -0.05) is 99.2 Å². The van der Waals surface area contributed by atoms with Crippen LogP contribution in [0, 0.1) is 11.8 Å². The minimum atomic E-state index is -0.858. The van der Waals surface area contributed by atoms with Crippen molar-refractivity contribution in [2.24, 2.45) is 11.8 Å². The Kier molecular flexibility index (Phi) is 13.9. The summed E-state index contributed by atoms with van der Waals surface area (Å²) in [6.07, 6.45) is 17.9. The number of anilines is 1. The smallest absolute Gasteiger partial charge is 0.408 e. The van der Waals surface area contributed by atoms with E-state index >= 15 is 0 Å². The Morgan fingerprint density at radius 2 is 1.19 bits per heavy atom. The fourth-order valence-electron chi connectivity index (χ4n) is 8.00. The minimum absolute atomic E-state index is 0.167. The number of amides is 1. The average Bonchev–Trinajstić information content (AvgIpc) is 3.16. The number of carbonyl (C=O) groups is 2. The van der Waals surface area contributed by atoms with E-state index in [9.17, 15) is 14.7 Å². The van der Waals surface area contributed by atoms with E-state index in [4.69, 9.17) is 4.74 Å². The number of carboxylic acid groups (broad SMARTS) is 1. The Hall–Kier alpha value is -4.72. The first-order valence-corrected chi connectivity index (χ1v) is 19.8. The highest BCUT2D eigenvalue weighted by molar-refractivity contribution is 5.80. The van der Waals surface area contributed by atoms with E-state index in [0.29, 0.717) is 11.8 Å². The molecule has 2 aromatic heterocycles. The van der Waals surface area contributed by atoms with Crippen molar-refractivity contribution in [1.82, 2.24) is 14.9 Å². The van der Waals surface area contributed by atoms with Gasteiger partial charge in [-0.15, -0.1) is 0 Å². The molecule has 0 spiro atoms. The molecule has 2 heterocycles. The SMILES string of the molecule is CC(C)(C)N(C(=O)O)C(c1cncc(-c2ccccc2)c1)C1CCCCC1.CC(C)(C)OC(=O)C(Nc1cncc(-c2ccccc2)c1)C1CCCCC1. The van der Waals surface area contributed by atoms with Crippen LogP contribution in [-0.2, 0) is 9.53 Å². The molecule has 2 aliphatic rings. The highest BCUT2D eigenvalue weighted by Crippen LogP contribution is 2.42. The molecule has 4 aromatic rings. The maximum Gasteiger partial charge on any atom is 0.408 e. The van der Waals surface area contributed by atoms with Crippen LogP contribution in [0.1, 0.15) is 117 Å². The van der Waals surface area contributed by atoms with Crippen LogP contribution in [0.2, 0.25) is 0 Å². The van der Waals surface area contributed by atoms with E-state index in [1.54, 1.807) is 11.1 Å². The number of nitrogens with zero attached hydrogens (tertiary/aromatic N) is 3. The molecule has 2 fully saturated rings. The number of hydrogen-bond donors (Lipinski definition) is 2. The van der Waals surface area contributed by atoms with E-state index in [1.807, 2.05) is 96.5 Å². The number of hydrogen-bond acceptors (Lipinski definition) is 6. The fourth-order valence-corrected chi connectivity index (χ4v) is 8.00. The number of rotatable bonds is 9. The fraction of sp³-hybridized carbons (Fsp3) is 0.478. The lowest BCUT2D eigenvalue weighted by atomic mass is 9.79. The minimum Gasteiger partial charge on any atom is -0.465 e. The normalized spacial score (nSPS) is 16.6. The Bertz CT molecular complexity index is 1770. The molecule has 6 rings (SSSR count). The molecule has 2 aliphatic carbocycles. The van der Waals surface area contributed by atoms with Gasteiger partial charge in [0.25, 0.3) is 0 Å². The molecule has 2 atom stereocenters. The van der Waals surface area contributed by atoms with Crippen LogP contribution in [-0.4, -0.2) is 49.2 Å². The zero-order valence-corrected chi connectivity index (χ0v) is 33.1. The molecule has 0 bridgehead atoms. The van der Waals surface area contributed by atoms with Gasteiger partial charge in [0.15, 0.2) is 0 Å². The van der Waals surface area contributed by atoms with Gasteiger partial charge in [0.2, 0.25) is 0 Å². The van der Waals surface area contributed by atoms with Crippen molar-refractivity contribution < 1.29 is 19.4 Å². The van der Waals surface area contributed by atoms with E-state index in [2.05, 4.69) is 51.7 Å². The molecular weight excluding hydrogens is 673 g/mol. The maximum absolute atomic E-state index is 12.9. The number of aromatic nitrogens is 2. The number of carbonyl (C=O) groups excluding carboxylic acids is 1. The summed E-state index contributed by atoms with van der Waals surface area (Å²) in [5, 5.41) is 13.5. The van der Waals surface area contributed by atoms with Crippen LogP contribution < -0.4 is 5.32 Å². The lowest BCUT2D eigenvalue weighted by Crippen LogP contribution is -2.49. The molecule has 8 nitrogen and oxygen atoms in total. The van der Waals surface area contributed by atoms with Crippen LogP contribution in [0.3, 0.4) is 0 Å². The first-order valence-electron chi connectivity index (χ1n) is 19.8. The summed E-state index contributed by atoms with van der Waals surface area (Å²) in [6.45, 7) is 11.7. The molecular formula is C46H60N4O4. The number of nitrogens with one attached hydrogen (secondary N) is 1. The number of pyridine rings is 2. The molecule has 2 aromatic carbocycles. The molecule has 8 heteroatoms. The molecule has 2 unspecified atom stereocenters. The second kappa shape index (κ2) is 18.5. The lowest BCUT2D eigenvalue weighted by molar-refractivity contribution is -0.157. The third-order valence-electron chi connectivity index (χ3n) is 10.5. The molecule has 2 N–H and O–H groups in total. The van der Waals surface area contributed by atoms with Gasteiger partial charge < -0.3 is 15.2 Å². The molecule has 0 radical (unpaired) electrons. The summed E-state index contributed by atoms with van der Waals surface area (Å²) in [6, 6.07) is 24.0. The van der Waals surface area contributed by atoms with Gasteiger partial charge in [-0.25, -0.2) is 9.59 Å². The van der Waals surface area contributed by atoms with Gasteiger partial charge in [0.05, 0.1) is 11.7 Å². The van der Waals surface area contributed by atoms with Crippen LogP contribution in [0.5, 0.6) is 0 Å². The Balaban J connectivity index is 0.000000208. The quantitative estimate of drug-likeness (QED) is 0.165. The molecule has 54 heavy (non-hydrogen) atoms. The Labute approximate surface area is 322 Å². The van der Waals surface area contributed by atoms with E-state index in [1.165, 1.54) is 38.5 Å². The van der Waals surface area contributed by atoms with Crippen molar-refractivity contribution in [3.05, 3.63) is 103 Å². The first-order chi connectivity index (χ1) is 25.8. The molecule has 0 saturated heterocycles. The molecule has 288 valence electrons. The van der Waals surface area contributed by atoms with Gasteiger partial charge in [-0.2, -0.15) is 0 Å². The number of benzene rings is 2. The summed E-state index contributed by atoms with van der Waals surface area (Å²) >= 11 is 0. The van der Waals surface area contributed by atoms with Crippen molar-refractivity contribution in [2.45, 2.75) is 129 Å². The zero-order chi connectivity index (χ0) is 38.7. The van der Waals surface area contributed by atoms with Crippen LogP contribution in [0.4, 0.5) is 10.5 Å². The summed E-state index contributed by atoms with van der Waals surface area (Å²) in [5.41, 5.74) is 5.18. The molecule has 2 saturated carbocycles. The highest BCUT2D eigenvalue weighted by Gasteiger charge is 2.39. The zero-order valence-electron chi connectivity index (χ0n) is 33.1. The third kappa shape index (κ3) is 11.4. The van der Waals surface area contributed by atoms with Crippen LogP contribution in [0.15, 0.2) is 97.6 Å². The standard InChI is InChI=1S/2C23H30N2O2/c1-23(2,3)27-22(26)21(18-12-8-5-9-13-18)25-20-14-19(15-24-16-20)17-10-6-4-7-11-17;1-23(2,3)25(22(26)27)21(18-12-8-5-9-13-18)20-14-19(15-24-16-20)17-10-6-4-7-11-17/h4,6-7,10-11,14-16,18,21,25H,5,8-9,12-13H2,1-3H3;4,6-7,10-11,14-16,18,21H,5,8-9,12-13H2,1-3H3,(H,26,27). The molecule has 0 aliphatic heterocycles. The van der Waals surface area contributed by atoms with E-state index in [-0.39, 0.29) is 18.1 Å². The maximum atomic E-state index is 12.9. The highest BCUT2D eigenvalue weighted by atomic mass is 16.6. The van der Waals surface area contributed by atoms with Crippen LogP contribution in [0.25, 0.3) is 22.3 Å². The third-order valence-corrected chi connectivity index (χ3v) is 10.5. The predicted octanol–water partition coefficient (Wildman–Crippen LogP) is 11.6. The van der Waals surface area contributed by atoms with Gasteiger partial charge in [0, 0.05) is 41.5 Å². The first kappa shape index (κ1) is 40.5. The van der Waals surface area contributed by atoms with Crippen molar-refractivity contribution >= 4 is 17.7 Å². The number of esters is 1. The van der Waals surface area contributed by atoms with Gasteiger partial charge >= 0.3 is 12.1 Å². The van der Waals surface area contributed by atoms with Crippen molar-refractivity contribution in [1.29, 1.82) is 0 Å². The van der Waals surface area contributed by atoms with Gasteiger partial charge in [-0.3, -0.25) is 14.9 Å². The topological polar surface area (TPSA) is 105 Å². The van der Waals surface area contributed by atoms with Crippen molar-refractivity contribution in [3.63, 3.8) is 0 Å². The predicted molar refractivity (Wildman–Crippen MR) is 218 cm³/mol. The second-order valence-electron chi connectivity index (χ2n) is 16.9. The second-order valence-corrected chi connectivity index (χ2v) is 16.9. The van der Waals surface area contributed by atoms with Crippen molar-refractivity contribution in [2.75, 3.05) is 5.32 Å². The van der Waals surface area contributed by atoms with E-state index < -0.39 is 17.2 Å². The van der Waals surface area contributed by atoms with Crippen molar-refractivity contribution in [3.8, 4) is 22.3 Å². The monoisotopic (exact) mass is 732 g/mol. The average molecular weight is 733 g/mol. The largest absolute Gasteiger partial charge is 0.465 e. The summed E-state index contributed by atoms with van der Waals surface area (Å²) in [7, 11) is 0. The Morgan fingerprint density at radius 1 is 0.685 bits per heavy atom. The number of ether oxygens (including phenoxy) is 1.